The van der Waals surface area contributed by atoms with Gasteiger partial charge in [-0.05, 0) is 19.1 Å². The monoisotopic (exact) mass is 291 g/mol. The minimum absolute atomic E-state index is 0.0845. The number of hydrogen-bond acceptors (Lipinski definition) is 5. The Hall–Kier alpha value is -0.990. The summed E-state index contributed by atoms with van der Waals surface area (Å²) in [6.45, 7) is 1.67. The van der Waals surface area contributed by atoms with Gasteiger partial charge in [-0.1, -0.05) is 0 Å². The highest BCUT2D eigenvalue weighted by Gasteiger charge is 2.21. The molecule has 18 heavy (non-hydrogen) atoms. The zero-order valence-corrected chi connectivity index (χ0v) is 12.1. The first-order chi connectivity index (χ1) is 8.36. The number of nitrogens with one attached hydrogen (secondary N) is 2. The van der Waals surface area contributed by atoms with Crippen LogP contribution in [0.4, 0.5) is 5.82 Å². The van der Waals surface area contributed by atoms with Gasteiger partial charge in [-0.2, -0.15) is 0 Å². The molecule has 1 heterocycles. The van der Waals surface area contributed by atoms with Crippen molar-refractivity contribution in [2.75, 3.05) is 24.4 Å². The molecular weight excluding hydrogens is 274 g/mol. The molecule has 0 bridgehead atoms. The molecule has 2 unspecified atom stereocenters. The third-order valence-electron chi connectivity index (χ3n) is 2.14. The van der Waals surface area contributed by atoms with E-state index in [4.69, 9.17) is 0 Å². The maximum absolute atomic E-state index is 12.1. The summed E-state index contributed by atoms with van der Waals surface area (Å²) in [6, 6.07) is 2.63. The van der Waals surface area contributed by atoms with Gasteiger partial charge >= 0.3 is 0 Å². The highest BCUT2D eigenvalue weighted by atomic mass is 32.2. The second kappa shape index (κ2) is 6.26. The van der Waals surface area contributed by atoms with E-state index >= 15 is 0 Å². The number of anilines is 1. The van der Waals surface area contributed by atoms with Gasteiger partial charge in [-0.25, -0.2) is 18.1 Å². The van der Waals surface area contributed by atoms with Crippen LogP contribution in [0.1, 0.15) is 6.92 Å². The van der Waals surface area contributed by atoms with Gasteiger partial charge in [-0.3, -0.25) is 4.21 Å². The summed E-state index contributed by atoms with van der Waals surface area (Å²) >= 11 is 0. The SMILES string of the molecule is CNc1ncccc1S(=O)(=O)NC(C)CS(C)=O. The predicted octanol–water partition coefficient (Wildman–Crippen LogP) is 0.169. The van der Waals surface area contributed by atoms with Crippen LogP contribution >= 0.6 is 0 Å². The Labute approximate surface area is 110 Å². The molecule has 0 radical (unpaired) electrons. The van der Waals surface area contributed by atoms with Crippen molar-refractivity contribution in [3.63, 3.8) is 0 Å². The smallest absolute Gasteiger partial charge is 0.244 e. The molecule has 102 valence electrons. The number of sulfonamides is 1. The van der Waals surface area contributed by atoms with E-state index in [1.165, 1.54) is 18.5 Å². The Morgan fingerprint density at radius 3 is 2.72 bits per heavy atom. The topological polar surface area (TPSA) is 88.2 Å². The number of hydrogen-bond donors (Lipinski definition) is 2. The molecule has 0 aliphatic heterocycles. The molecule has 0 aromatic carbocycles. The van der Waals surface area contributed by atoms with E-state index in [-0.39, 0.29) is 16.5 Å². The molecule has 1 rings (SSSR count). The van der Waals surface area contributed by atoms with Crippen LogP contribution in [0, 0.1) is 0 Å². The molecule has 0 spiro atoms. The van der Waals surface area contributed by atoms with Crippen molar-refractivity contribution in [3.8, 4) is 0 Å². The number of nitrogens with zero attached hydrogens (tertiary/aromatic N) is 1. The van der Waals surface area contributed by atoms with Crippen molar-refractivity contribution in [2.24, 2.45) is 0 Å². The average molecular weight is 291 g/mol. The summed E-state index contributed by atoms with van der Waals surface area (Å²) in [5, 5.41) is 2.73. The minimum Gasteiger partial charge on any atom is -0.372 e. The molecule has 0 saturated carbocycles. The van der Waals surface area contributed by atoms with Gasteiger partial charge < -0.3 is 5.32 Å². The molecular formula is C10H17N3O3S2. The van der Waals surface area contributed by atoms with E-state index in [1.807, 2.05) is 0 Å². The molecule has 8 heteroatoms. The molecule has 0 saturated heterocycles. The summed E-state index contributed by atoms with van der Waals surface area (Å²) in [5.74, 6) is 0.559. The Balaban J connectivity index is 2.96. The highest BCUT2D eigenvalue weighted by molar-refractivity contribution is 7.89. The van der Waals surface area contributed by atoms with Crippen LogP contribution in [0.2, 0.25) is 0 Å². The summed E-state index contributed by atoms with van der Waals surface area (Å²) < 4.78 is 37.8. The second-order valence-electron chi connectivity index (χ2n) is 3.86. The van der Waals surface area contributed by atoms with Crippen molar-refractivity contribution in [1.82, 2.24) is 9.71 Å². The van der Waals surface area contributed by atoms with Gasteiger partial charge in [0.1, 0.15) is 10.7 Å². The molecule has 2 atom stereocenters. The van der Waals surface area contributed by atoms with E-state index < -0.39 is 26.9 Å². The van der Waals surface area contributed by atoms with Crippen LogP contribution in [0.15, 0.2) is 23.2 Å². The summed E-state index contributed by atoms with van der Waals surface area (Å²) in [5.41, 5.74) is 0. The van der Waals surface area contributed by atoms with Crippen molar-refractivity contribution in [2.45, 2.75) is 17.9 Å². The fourth-order valence-corrected chi connectivity index (χ4v) is 3.81. The number of rotatable bonds is 6. The van der Waals surface area contributed by atoms with Crippen LogP contribution in [-0.4, -0.2) is 42.7 Å². The second-order valence-corrected chi connectivity index (χ2v) is 7.02. The van der Waals surface area contributed by atoms with Gasteiger partial charge in [0.2, 0.25) is 10.0 Å². The van der Waals surface area contributed by atoms with Crippen LogP contribution in [0.5, 0.6) is 0 Å². The van der Waals surface area contributed by atoms with E-state index in [2.05, 4.69) is 15.0 Å². The van der Waals surface area contributed by atoms with E-state index in [9.17, 15) is 12.6 Å². The van der Waals surface area contributed by atoms with Crippen LogP contribution in [-0.2, 0) is 20.8 Å². The number of pyridine rings is 1. The first kappa shape index (κ1) is 15.1. The molecule has 6 nitrogen and oxygen atoms in total. The predicted molar refractivity (Wildman–Crippen MR) is 72.5 cm³/mol. The lowest BCUT2D eigenvalue weighted by molar-refractivity contribution is 0.570. The third kappa shape index (κ3) is 4.04. The molecule has 0 amide bonds. The maximum Gasteiger partial charge on any atom is 0.244 e. The van der Waals surface area contributed by atoms with E-state index in [0.717, 1.165) is 0 Å². The Bertz CT molecular complexity index is 531. The largest absolute Gasteiger partial charge is 0.372 e. The van der Waals surface area contributed by atoms with Crippen LogP contribution in [0.25, 0.3) is 0 Å². The van der Waals surface area contributed by atoms with Crippen molar-refractivity contribution in [1.29, 1.82) is 0 Å². The fraction of sp³-hybridized carbons (Fsp3) is 0.500. The molecule has 0 aliphatic carbocycles. The Morgan fingerprint density at radius 2 is 2.17 bits per heavy atom. The minimum atomic E-state index is -3.66. The van der Waals surface area contributed by atoms with Gasteiger partial charge in [0.05, 0.1) is 0 Å². The third-order valence-corrected chi connectivity index (χ3v) is 4.73. The Morgan fingerprint density at radius 1 is 1.50 bits per heavy atom. The van der Waals surface area contributed by atoms with Crippen LogP contribution < -0.4 is 10.0 Å². The molecule has 1 aromatic heterocycles. The zero-order chi connectivity index (χ0) is 13.8. The highest BCUT2D eigenvalue weighted by Crippen LogP contribution is 2.17. The first-order valence-corrected chi connectivity index (χ1v) is 8.53. The van der Waals surface area contributed by atoms with Gasteiger partial charge in [-0.15, -0.1) is 0 Å². The quantitative estimate of drug-likeness (QED) is 0.780. The summed E-state index contributed by atoms with van der Waals surface area (Å²) in [7, 11) is -3.11. The van der Waals surface area contributed by atoms with Crippen molar-refractivity contribution >= 4 is 26.6 Å². The molecule has 2 N–H and O–H groups in total. The molecule has 1 aromatic rings. The molecule has 0 aliphatic rings. The van der Waals surface area contributed by atoms with Gasteiger partial charge in [0, 0.05) is 42.1 Å². The van der Waals surface area contributed by atoms with Gasteiger partial charge in [0.15, 0.2) is 0 Å². The average Bonchev–Trinajstić information content (AvgIpc) is 2.27. The van der Waals surface area contributed by atoms with E-state index in [1.54, 1.807) is 20.0 Å². The normalized spacial score (nSPS) is 15.1. The van der Waals surface area contributed by atoms with Crippen molar-refractivity contribution < 1.29 is 12.6 Å². The lowest BCUT2D eigenvalue weighted by Gasteiger charge is -2.14. The van der Waals surface area contributed by atoms with Crippen molar-refractivity contribution in [3.05, 3.63) is 18.3 Å². The Kier molecular flexibility index (Phi) is 5.24. The summed E-state index contributed by atoms with van der Waals surface area (Å²) in [6.07, 6.45) is 3.04. The maximum atomic E-state index is 12.1. The lowest BCUT2D eigenvalue weighted by atomic mass is 10.4. The molecule has 0 fully saturated rings. The summed E-state index contributed by atoms with van der Waals surface area (Å²) in [4.78, 5) is 4.03. The number of aromatic nitrogens is 1. The van der Waals surface area contributed by atoms with Crippen LogP contribution in [0.3, 0.4) is 0 Å². The fourth-order valence-electron chi connectivity index (χ4n) is 1.51. The zero-order valence-electron chi connectivity index (χ0n) is 10.5. The standard InChI is InChI=1S/C10H17N3O3S2/c1-8(7-17(3)14)13-18(15,16)9-5-4-6-12-10(9)11-2/h4-6,8,13H,7H2,1-3H3,(H,11,12). The first-order valence-electron chi connectivity index (χ1n) is 5.32. The van der Waals surface area contributed by atoms with E-state index in [0.29, 0.717) is 0 Å². The lowest BCUT2D eigenvalue weighted by Crippen LogP contribution is -2.36. The van der Waals surface area contributed by atoms with Gasteiger partial charge in [0.25, 0.3) is 0 Å².